The smallest absolute Gasteiger partial charge is 0.229 e. The fraction of sp³-hybridized carbons (Fsp3) is 0.636. The van der Waals surface area contributed by atoms with Gasteiger partial charge in [0, 0.05) is 19.1 Å². The van der Waals surface area contributed by atoms with Gasteiger partial charge in [0.05, 0.1) is 23.0 Å². The first-order valence-corrected chi connectivity index (χ1v) is 11.0. The minimum Gasteiger partial charge on any atom is -0.340 e. The largest absolute Gasteiger partial charge is 0.340 e. The van der Waals surface area contributed by atoms with Gasteiger partial charge < -0.3 is 9.88 Å². The number of carbonyl (C=O) groups is 1. The molecule has 3 fully saturated rings. The van der Waals surface area contributed by atoms with Gasteiger partial charge in [-0.25, -0.2) is 4.98 Å². The topological polar surface area (TPSA) is 73.1 Å². The Balaban J connectivity index is 1.38. The fourth-order valence-corrected chi connectivity index (χ4v) is 5.52. The number of imidazole rings is 1. The highest BCUT2D eigenvalue weighted by molar-refractivity contribution is 5.81. The number of amides is 1. The maximum absolute atomic E-state index is 13.7. The molecular formula is C22H31N5O. The van der Waals surface area contributed by atoms with Gasteiger partial charge in [-0.05, 0) is 50.2 Å². The van der Waals surface area contributed by atoms with E-state index in [2.05, 4.69) is 26.8 Å². The Morgan fingerprint density at radius 1 is 1.04 bits per heavy atom. The van der Waals surface area contributed by atoms with Crippen molar-refractivity contribution in [1.29, 1.82) is 0 Å². The highest BCUT2D eigenvalue weighted by Gasteiger charge is 2.42. The van der Waals surface area contributed by atoms with Crippen molar-refractivity contribution in [2.75, 3.05) is 13.1 Å². The van der Waals surface area contributed by atoms with Crippen molar-refractivity contribution in [3.63, 3.8) is 0 Å². The molecular weight excluding hydrogens is 350 g/mol. The highest BCUT2D eigenvalue weighted by Crippen LogP contribution is 2.35. The number of hydrogen-bond donors (Lipinski definition) is 3. The zero-order chi connectivity index (χ0) is 18.9. The van der Waals surface area contributed by atoms with Gasteiger partial charge in [-0.2, -0.15) is 0 Å². The Labute approximate surface area is 166 Å². The molecule has 1 aromatic heterocycles. The minimum absolute atomic E-state index is 0.0353. The van der Waals surface area contributed by atoms with Crippen LogP contribution >= 0.6 is 0 Å². The molecule has 6 nitrogen and oxygen atoms in total. The molecule has 1 aliphatic carbocycles. The molecule has 0 radical (unpaired) electrons. The number of nitrogens with zero attached hydrogens (tertiary/aromatic N) is 2. The molecule has 0 bridgehead atoms. The standard InChI is InChI=1S/C22H31N5O/c28-22(16-14-23-26-20(16)15-8-2-1-3-9-15)27-13-7-6-12-19(27)21-24-17-10-4-5-11-18(17)25-21/h4-5,10-11,15-16,19-20,23,26H,1-3,6-9,12-14H2,(H,24,25). The van der Waals surface area contributed by atoms with E-state index in [0.29, 0.717) is 11.8 Å². The van der Waals surface area contributed by atoms with Crippen LogP contribution in [0.15, 0.2) is 24.3 Å². The van der Waals surface area contributed by atoms with E-state index >= 15 is 0 Å². The van der Waals surface area contributed by atoms with Crippen LogP contribution in [0.2, 0.25) is 0 Å². The van der Waals surface area contributed by atoms with Gasteiger partial charge >= 0.3 is 0 Å². The van der Waals surface area contributed by atoms with Crippen LogP contribution in [0, 0.1) is 11.8 Å². The van der Waals surface area contributed by atoms with E-state index in [9.17, 15) is 4.79 Å². The average Bonchev–Trinajstić information content (AvgIpc) is 3.41. The molecule has 28 heavy (non-hydrogen) atoms. The van der Waals surface area contributed by atoms with E-state index in [0.717, 1.165) is 49.2 Å². The number of benzene rings is 1. The second-order valence-corrected chi connectivity index (χ2v) is 8.74. The van der Waals surface area contributed by atoms with Gasteiger partial charge in [-0.3, -0.25) is 15.6 Å². The first kappa shape index (κ1) is 18.1. The van der Waals surface area contributed by atoms with Crippen molar-refractivity contribution in [2.45, 2.75) is 63.5 Å². The number of piperidine rings is 1. The molecule has 2 saturated heterocycles. The summed E-state index contributed by atoms with van der Waals surface area (Å²) < 4.78 is 0. The maximum Gasteiger partial charge on any atom is 0.229 e. The molecule has 5 rings (SSSR count). The number of carbonyl (C=O) groups excluding carboxylic acids is 1. The van der Waals surface area contributed by atoms with Crippen LogP contribution in [0.5, 0.6) is 0 Å². The van der Waals surface area contributed by atoms with E-state index in [-0.39, 0.29) is 18.0 Å². The molecule has 6 heteroatoms. The predicted octanol–water partition coefficient (Wildman–Crippen LogP) is 3.29. The third-order valence-corrected chi connectivity index (χ3v) is 7.01. The quantitative estimate of drug-likeness (QED) is 0.763. The third-order valence-electron chi connectivity index (χ3n) is 7.01. The number of H-pyrrole nitrogens is 1. The second kappa shape index (κ2) is 7.84. The number of para-hydroxylation sites is 2. The number of likely N-dealkylation sites (tertiary alicyclic amines) is 1. The number of aromatic amines is 1. The Bertz CT molecular complexity index is 794. The Hall–Kier alpha value is -1.92. The Morgan fingerprint density at radius 3 is 2.71 bits per heavy atom. The number of nitrogens with one attached hydrogen (secondary N) is 3. The number of aromatic nitrogens is 2. The molecule has 3 N–H and O–H groups in total. The second-order valence-electron chi connectivity index (χ2n) is 8.74. The van der Waals surface area contributed by atoms with Crippen LogP contribution in [0.25, 0.3) is 11.0 Å². The molecule has 0 spiro atoms. The molecule has 1 aromatic carbocycles. The molecule has 3 heterocycles. The molecule has 3 atom stereocenters. The number of rotatable bonds is 3. The molecule has 1 amide bonds. The monoisotopic (exact) mass is 381 g/mol. The summed E-state index contributed by atoms with van der Waals surface area (Å²) in [5.41, 5.74) is 8.79. The maximum atomic E-state index is 13.7. The lowest BCUT2D eigenvalue weighted by Crippen LogP contribution is -2.48. The van der Waals surface area contributed by atoms with Crippen molar-refractivity contribution in [3.8, 4) is 0 Å². The average molecular weight is 382 g/mol. The van der Waals surface area contributed by atoms with Gasteiger partial charge in [-0.15, -0.1) is 0 Å². The third kappa shape index (κ3) is 3.33. The van der Waals surface area contributed by atoms with Crippen molar-refractivity contribution >= 4 is 16.9 Å². The minimum atomic E-state index is 0.0353. The highest BCUT2D eigenvalue weighted by atomic mass is 16.2. The van der Waals surface area contributed by atoms with E-state index in [1.807, 2.05) is 18.2 Å². The lowest BCUT2D eigenvalue weighted by molar-refractivity contribution is -0.140. The zero-order valence-electron chi connectivity index (χ0n) is 16.5. The molecule has 3 aliphatic rings. The van der Waals surface area contributed by atoms with E-state index in [1.54, 1.807) is 0 Å². The lowest BCUT2D eigenvalue weighted by Gasteiger charge is -2.38. The Morgan fingerprint density at radius 2 is 1.86 bits per heavy atom. The van der Waals surface area contributed by atoms with Gasteiger partial charge in [0.2, 0.25) is 5.91 Å². The van der Waals surface area contributed by atoms with Crippen LogP contribution in [0.3, 0.4) is 0 Å². The molecule has 150 valence electrons. The van der Waals surface area contributed by atoms with Crippen molar-refractivity contribution < 1.29 is 4.79 Å². The number of fused-ring (bicyclic) bond motifs is 1. The van der Waals surface area contributed by atoms with Crippen molar-refractivity contribution in [3.05, 3.63) is 30.1 Å². The summed E-state index contributed by atoms with van der Waals surface area (Å²) in [7, 11) is 0. The fourth-order valence-electron chi connectivity index (χ4n) is 5.52. The van der Waals surface area contributed by atoms with Crippen LogP contribution < -0.4 is 10.9 Å². The van der Waals surface area contributed by atoms with Crippen molar-refractivity contribution in [2.24, 2.45) is 11.8 Å². The zero-order valence-corrected chi connectivity index (χ0v) is 16.5. The van der Waals surface area contributed by atoms with E-state index in [1.165, 1.54) is 32.1 Å². The number of hydrogen-bond acceptors (Lipinski definition) is 4. The molecule has 2 aromatic rings. The SMILES string of the molecule is O=C(C1CNNC1C1CCCCC1)N1CCCCC1c1nc2ccccc2[nH]1. The summed E-state index contributed by atoms with van der Waals surface area (Å²) in [5, 5.41) is 0. The van der Waals surface area contributed by atoms with Crippen LogP contribution in [-0.4, -0.2) is 39.9 Å². The van der Waals surface area contributed by atoms with Gasteiger partial charge in [-0.1, -0.05) is 31.4 Å². The summed E-state index contributed by atoms with van der Waals surface area (Å²) in [5.74, 6) is 1.90. The van der Waals surface area contributed by atoms with Crippen molar-refractivity contribution in [1.82, 2.24) is 25.7 Å². The lowest BCUT2D eigenvalue weighted by atomic mass is 9.79. The first-order chi connectivity index (χ1) is 13.8. The summed E-state index contributed by atoms with van der Waals surface area (Å²) in [6.07, 6.45) is 9.67. The van der Waals surface area contributed by atoms with Gasteiger partial charge in [0.25, 0.3) is 0 Å². The van der Waals surface area contributed by atoms with E-state index in [4.69, 9.17) is 4.98 Å². The number of hydrazine groups is 1. The summed E-state index contributed by atoms with van der Waals surface area (Å²) in [6.45, 7) is 1.58. The molecule has 1 saturated carbocycles. The predicted molar refractivity (Wildman–Crippen MR) is 109 cm³/mol. The first-order valence-electron chi connectivity index (χ1n) is 11.0. The normalized spacial score (nSPS) is 29.4. The van der Waals surface area contributed by atoms with Gasteiger partial charge in [0.1, 0.15) is 5.82 Å². The molecule has 2 aliphatic heterocycles. The summed E-state index contributed by atoms with van der Waals surface area (Å²) in [4.78, 5) is 24.1. The van der Waals surface area contributed by atoms with Crippen LogP contribution in [0.1, 0.15) is 63.2 Å². The van der Waals surface area contributed by atoms with Crippen LogP contribution in [-0.2, 0) is 4.79 Å². The van der Waals surface area contributed by atoms with Gasteiger partial charge in [0.15, 0.2) is 0 Å². The van der Waals surface area contributed by atoms with E-state index < -0.39 is 0 Å². The summed E-state index contributed by atoms with van der Waals surface area (Å²) >= 11 is 0. The van der Waals surface area contributed by atoms with Crippen LogP contribution in [0.4, 0.5) is 0 Å². The molecule has 3 unspecified atom stereocenters. The Kier molecular flexibility index (Phi) is 5.07. The summed E-state index contributed by atoms with van der Waals surface area (Å²) in [6, 6.07) is 8.48.